The van der Waals surface area contributed by atoms with Gasteiger partial charge in [0, 0.05) is 24.3 Å². The Morgan fingerprint density at radius 1 is 1.16 bits per heavy atom. The van der Waals surface area contributed by atoms with Crippen molar-refractivity contribution in [2.45, 2.75) is 52.4 Å². The molecule has 6 nitrogen and oxygen atoms in total. The first kappa shape index (κ1) is 23.0. The fourth-order valence-electron chi connectivity index (χ4n) is 4.04. The average molecular weight is 425 g/mol. The molecule has 0 spiro atoms. The van der Waals surface area contributed by atoms with Gasteiger partial charge >= 0.3 is 5.97 Å². The van der Waals surface area contributed by atoms with Crippen LogP contribution < -0.4 is 5.32 Å². The van der Waals surface area contributed by atoms with Gasteiger partial charge in [-0.05, 0) is 51.3 Å². The van der Waals surface area contributed by atoms with Crippen LogP contribution in [0.1, 0.15) is 65.1 Å². The van der Waals surface area contributed by atoms with Gasteiger partial charge in [0.2, 0.25) is 0 Å². The van der Waals surface area contributed by atoms with Gasteiger partial charge in [0.25, 0.3) is 5.91 Å². The van der Waals surface area contributed by atoms with Gasteiger partial charge in [0.05, 0.1) is 13.2 Å². The molecule has 0 aliphatic carbocycles. The Bertz CT molecular complexity index is 941. The summed E-state index contributed by atoms with van der Waals surface area (Å²) in [7, 11) is 1.38. The van der Waals surface area contributed by atoms with Crippen LogP contribution in [0.15, 0.2) is 42.5 Å². The van der Waals surface area contributed by atoms with E-state index in [2.05, 4.69) is 5.32 Å². The maximum Gasteiger partial charge on any atom is 0.327 e. The molecule has 2 atom stereocenters. The molecule has 0 bridgehead atoms. The van der Waals surface area contributed by atoms with Crippen molar-refractivity contribution in [3.63, 3.8) is 0 Å². The summed E-state index contributed by atoms with van der Waals surface area (Å²) in [6.07, 6.45) is 0.434. The lowest BCUT2D eigenvalue weighted by molar-refractivity contribution is -0.144. The molecule has 31 heavy (non-hydrogen) atoms. The number of aryl methyl sites for hydroxylation is 2. The maximum atomic E-state index is 13.1. The summed E-state index contributed by atoms with van der Waals surface area (Å²) in [6.45, 7) is 9.08. The van der Waals surface area contributed by atoms with Crippen LogP contribution in [-0.2, 0) is 14.3 Å². The van der Waals surface area contributed by atoms with E-state index in [1.54, 1.807) is 4.90 Å². The third-order valence-electron chi connectivity index (χ3n) is 5.55. The maximum absolute atomic E-state index is 13.1. The minimum Gasteiger partial charge on any atom is -0.468 e. The van der Waals surface area contributed by atoms with Crippen LogP contribution in [0, 0.1) is 13.8 Å². The molecule has 3 rings (SSSR count). The molecule has 2 aromatic rings. The van der Waals surface area contributed by atoms with E-state index in [-0.39, 0.29) is 18.0 Å². The highest BCUT2D eigenvalue weighted by Gasteiger charge is 2.39. The molecule has 0 fully saturated rings. The molecular weight excluding hydrogens is 392 g/mol. The Morgan fingerprint density at radius 3 is 2.58 bits per heavy atom. The number of fused-ring (bicyclic) bond motifs is 1. The molecular formula is C25H32N2O4. The standard InChI is InChI=1S/C25H32N2O4/c1-16(2)31-14-8-13-27-23(20-9-6-7-10-21(20)24(27)28)26-22(25(29)30-5)19-12-11-17(3)15-18(19)4/h6-7,9-12,15-16,22-23,26H,8,13-14H2,1-5H3/t22-,23+/m0/s1. The van der Waals surface area contributed by atoms with E-state index >= 15 is 0 Å². The zero-order valence-electron chi connectivity index (χ0n) is 19.0. The van der Waals surface area contributed by atoms with E-state index < -0.39 is 12.2 Å². The number of nitrogens with zero attached hydrogens (tertiary/aromatic N) is 1. The fraction of sp³-hybridized carbons (Fsp3) is 0.440. The molecule has 6 heteroatoms. The second-order valence-corrected chi connectivity index (χ2v) is 8.24. The van der Waals surface area contributed by atoms with Crippen LogP contribution in [0.4, 0.5) is 0 Å². The summed E-state index contributed by atoms with van der Waals surface area (Å²) in [6, 6.07) is 12.8. The van der Waals surface area contributed by atoms with E-state index in [0.29, 0.717) is 25.1 Å². The average Bonchev–Trinajstić information content (AvgIpc) is 3.00. The molecule has 1 N–H and O–H groups in total. The van der Waals surface area contributed by atoms with E-state index in [0.717, 1.165) is 22.3 Å². The highest BCUT2D eigenvalue weighted by molar-refractivity contribution is 5.99. The molecule has 1 aliphatic heterocycles. The third-order valence-corrected chi connectivity index (χ3v) is 5.55. The lowest BCUT2D eigenvalue weighted by atomic mass is 9.98. The zero-order valence-corrected chi connectivity index (χ0v) is 19.0. The smallest absolute Gasteiger partial charge is 0.327 e. The summed E-state index contributed by atoms with van der Waals surface area (Å²) < 4.78 is 10.8. The number of carbonyl (C=O) groups excluding carboxylic acids is 2. The first-order chi connectivity index (χ1) is 14.8. The van der Waals surface area contributed by atoms with Crippen molar-refractivity contribution in [3.8, 4) is 0 Å². The Labute approximate surface area is 184 Å². The van der Waals surface area contributed by atoms with E-state index in [4.69, 9.17) is 9.47 Å². The molecule has 0 radical (unpaired) electrons. The number of benzene rings is 2. The van der Waals surface area contributed by atoms with Crippen molar-refractivity contribution in [2.75, 3.05) is 20.3 Å². The number of methoxy groups -OCH3 is 1. The molecule has 0 aromatic heterocycles. The first-order valence-corrected chi connectivity index (χ1v) is 10.8. The zero-order chi connectivity index (χ0) is 22.5. The van der Waals surface area contributed by atoms with Gasteiger partial charge < -0.3 is 14.4 Å². The largest absolute Gasteiger partial charge is 0.468 e. The van der Waals surface area contributed by atoms with E-state index in [1.165, 1.54) is 7.11 Å². The molecule has 166 valence electrons. The predicted octanol–water partition coefficient (Wildman–Crippen LogP) is 4.08. The summed E-state index contributed by atoms with van der Waals surface area (Å²) in [4.78, 5) is 27.7. The van der Waals surface area contributed by atoms with Gasteiger partial charge in [-0.15, -0.1) is 0 Å². The van der Waals surface area contributed by atoms with Gasteiger partial charge in [-0.2, -0.15) is 0 Å². The first-order valence-electron chi connectivity index (χ1n) is 10.8. The molecule has 0 saturated heterocycles. The molecule has 1 amide bonds. The SMILES string of the molecule is COC(=O)[C@@H](N[C@H]1c2ccccc2C(=O)N1CCCOC(C)C)c1ccc(C)cc1C. The number of amides is 1. The quantitative estimate of drug-likeness (QED) is 0.485. The highest BCUT2D eigenvalue weighted by Crippen LogP contribution is 2.34. The summed E-state index contributed by atoms with van der Waals surface area (Å²) in [5.41, 5.74) is 4.50. The van der Waals surface area contributed by atoms with Crippen molar-refractivity contribution < 1.29 is 19.1 Å². The van der Waals surface area contributed by atoms with Crippen molar-refractivity contribution >= 4 is 11.9 Å². The molecule has 2 aromatic carbocycles. The van der Waals surface area contributed by atoms with Crippen LogP contribution in [-0.4, -0.2) is 43.1 Å². The minimum absolute atomic E-state index is 0.0399. The normalized spacial score (nSPS) is 16.5. The molecule has 1 heterocycles. The van der Waals surface area contributed by atoms with Crippen molar-refractivity contribution in [2.24, 2.45) is 0 Å². The Kier molecular flexibility index (Phi) is 7.46. The topological polar surface area (TPSA) is 67.9 Å². The molecule has 0 unspecified atom stereocenters. The van der Waals surface area contributed by atoms with Crippen molar-refractivity contribution in [1.29, 1.82) is 0 Å². The monoisotopic (exact) mass is 424 g/mol. The second kappa shape index (κ2) is 10.1. The van der Waals surface area contributed by atoms with Crippen molar-refractivity contribution in [3.05, 3.63) is 70.3 Å². The van der Waals surface area contributed by atoms with E-state index in [1.807, 2.05) is 70.2 Å². The number of hydrogen-bond acceptors (Lipinski definition) is 5. The van der Waals surface area contributed by atoms with Gasteiger partial charge in [-0.25, -0.2) is 4.79 Å². The summed E-state index contributed by atoms with van der Waals surface area (Å²) >= 11 is 0. The minimum atomic E-state index is -0.691. The lowest BCUT2D eigenvalue weighted by Crippen LogP contribution is -2.42. The number of carbonyl (C=O) groups is 2. The molecule has 0 saturated carbocycles. The lowest BCUT2D eigenvalue weighted by Gasteiger charge is -2.30. The van der Waals surface area contributed by atoms with Crippen molar-refractivity contribution in [1.82, 2.24) is 10.2 Å². The number of rotatable bonds is 9. The Hall–Kier alpha value is -2.70. The number of nitrogens with one attached hydrogen (secondary N) is 1. The predicted molar refractivity (Wildman–Crippen MR) is 120 cm³/mol. The van der Waals surface area contributed by atoms with Gasteiger partial charge in [0.1, 0.15) is 12.2 Å². The summed E-state index contributed by atoms with van der Waals surface area (Å²) in [5.74, 6) is -0.422. The highest BCUT2D eigenvalue weighted by atomic mass is 16.5. The number of hydrogen-bond donors (Lipinski definition) is 1. The van der Waals surface area contributed by atoms with Gasteiger partial charge in [-0.3, -0.25) is 10.1 Å². The third kappa shape index (κ3) is 5.14. The number of ether oxygens (including phenoxy) is 2. The van der Waals surface area contributed by atoms with Crippen LogP contribution in [0.2, 0.25) is 0 Å². The van der Waals surface area contributed by atoms with Crippen LogP contribution >= 0.6 is 0 Å². The molecule has 1 aliphatic rings. The Balaban J connectivity index is 1.90. The van der Waals surface area contributed by atoms with Gasteiger partial charge in [0.15, 0.2) is 0 Å². The number of esters is 1. The summed E-state index contributed by atoms with van der Waals surface area (Å²) in [5, 5.41) is 3.42. The van der Waals surface area contributed by atoms with Gasteiger partial charge in [-0.1, -0.05) is 42.0 Å². The Morgan fingerprint density at radius 2 is 1.90 bits per heavy atom. The van der Waals surface area contributed by atoms with E-state index in [9.17, 15) is 9.59 Å². The van der Waals surface area contributed by atoms with Crippen LogP contribution in [0.3, 0.4) is 0 Å². The second-order valence-electron chi connectivity index (χ2n) is 8.24. The fourth-order valence-corrected chi connectivity index (χ4v) is 4.04. The van der Waals surface area contributed by atoms with Crippen LogP contribution in [0.5, 0.6) is 0 Å². The van der Waals surface area contributed by atoms with Crippen LogP contribution in [0.25, 0.3) is 0 Å².